The first-order chi connectivity index (χ1) is 13.6. The molecule has 1 aliphatic heterocycles. The first-order valence-electron chi connectivity index (χ1n) is 9.89. The normalized spacial score (nSPS) is 13.8. The Morgan fingerprint density at radius 1 is 1.11 bits per heavy atom. The molecule has 0 saturated heterocycles. The van der Waals surface area contributed by atoms with Gasteiger partial charge in [-0.3, -0.25) is 9.48 Å². The van der Waals surface area contributed by atoms with Gasteiger partial charge in [0.25, 0.3) is 5.91 Å². The maximum Gasteiger partial charge on any atom is 0.251 e. The van der Waals surface area contributed by atoms with Crippen LogP contribution < -0.4 is 5.32 Å². The number of nitrogens with zero attached hydrogens (tertiary/aromatic N) is 5. The van der Waals surface area contributed by atoms with E-state index in [9.17, 15) is 4.79 Å². The summed E-state index contributed by atoms with van der Waals surface area (Å²) in [6, 6.07) is 9.75. The lowest BCUT2D eigenvalue weighted by atomic mass is 10.1. The smallest absolute Gasteiger partial charge is 0.251 e. The summed E-state index contributed by atoms with van der Waals surface area (Å²) in [5, 5.41) is 16.0. The third-order valence-corrected chi connectivity index (χ3v) is 5.24. The number of rotatable bonds is 5. The van der Waals surface area contributed by atoms with Crippen LogP contribution in [0.3, 0.4) is 0 Å². The number of carbonyl (C=O) groups excluding carboxylic acids is 1. The first-order valence-corrected chi connectivity index (χ1v) is 9.89. The summed E-state index contributed by atoms with van der Waals surface area (Å²) in [7, 11) is 0. The number of benzene rings is 1. The van der Waals surface area contributed by atoms with Gasteiger partial charge in [0.1, 0.15) is 5.82 Å². The SMILES string of the molecule is Cc1cc(C)n(Cc2ccc(C(=O)NCc3nnc4n3CCCCC4)cc2)n1. The molecule has 0 aliphatic carbocycles. The Balaban J connectivity index is 1.37. The summed E-state index contributed by atoms with van der Waals surface area (Å²) in [6.45, 7) is 6.08. The van der Waals surface area contributed by atoms with Crippen molar-refractivity contribution >= 4 is 5.91 Å². The lowest BCUT2D eigenvalue weighted by molar-refractivity contribution is 0.0949. The number of fused-ring (bicyclic) bond motifs is 1. The van der Waals surface area contributed by atoms with Gasteiger partial charge in [-0.2, -0.15) is 5.10 Å². The van der Waals surface area contributed by atoms with E-state index in [0.29, 0.717) is 18.7 Å². The molecule has 0 saturated carbocycles. The molecule has 28 heavy (non-hydrogen) atoms. The van der Waals surface area contributed by atoms with Gasteiger partial charge in [0.05, 0.1) is 18.8 Å². The lowest BCUT2D eigenvalue weighted by Gasteiger charge is -2.09. The van der Waals surface area contributed by atoms with Crippen molar-refractivity contribution in [3.8, 4) is 0 Å². The molecule has 0 fully saturated rings. The second-order valence-electron chi connectivity index (χ2n) is 7.46. The van der Waals surface area contributed by atoms with Crippen LogP contribution in [0.1, 0.15) is 58.2 Å². The van der Waals surface area contributed by atoms with Gasteiger partial charge in [0.15, 0.2) is 5.82 Å². The van der Waals surface area contributed by atoms with Crippen LogP contribution in [0.2, 0.25) is 0 Å². The Morgan fingerprint density at radius 2 is 1.93 bits per heavy atom. The van der Waals surface area contributed by atoms with Gasteiger partial charge in [0, 0.05) is 24.2 Å². The van der Waals surface area contributed by atoms with Crippen LogP contribution in [0.5, 0.6) is 0 Å². The van der Waals surface area contributed by atoms with E-state index in [1.165, 1.54) is 6.42 Å². The van der Waals surface area contributed by atoms with E-state index in [2.05, 4.69) is 31.2 Å². The van der Waals surface area contributed by atoms with Gasteiger partial charge in [-0.15, -0.1) is 10.2 Å². The zero-order chi connectivity index (χ0) is 19.5. The Bertz CT molecular complexity index is 969. The second kappa shape index (κ2) is 7.96. The summed E-state index contributed by atoms with van der Waals surface area (Å²) < 4.78 is 4.13. The van der Waals surface area contributed by atoms with E-state index in [4.69, 9.17) is 0 Å². The van der Waals surface area contributed by atoms with E-state index in [1.54, 1.807) is 0 Å². The average molecular weight is 378 g/mol. The predicted molar refractivity (Wildman–Crippen MR) is 106 cm³/mol. The minimum absolute atomic E-state index is 0.0939. The zero-order valence-corrected chi connectivity index (χ0v) is 16.5. The number of aromatic nitrogens is 5. The highest BCUT2D eigenvalue weighted by Crippen LogP contribution is 2.14. The molecule has 0 spiro atoms. The second-order valence-corrected chi connectivity index (χ2v) is 7.46. The molecule has 0 atom stereocenters. The van der Waals surface area contributed by atoms with Crippen molar-refractivity contribution in [2.24, 2.45) is 0 Å². The van der Waals surface area contributed by atoms with Crippen molar-refractivity contribution in [1.82, 2.24) is 29.9 Å². The van der Waals surface area contributed by atoms with Crippen LogP contribution in [0.15, 0.2) is 30.3 Å². The van der Waals surface area contributed by atoms with Gasteiger partial charge in [-0.25, -0.2) is 0 Å². The molecule has 3 aromatic rings. The van der Waals surface area contributed by atoms with Crippen LogP contribution in [0.4, 0.5) is 0 Å². The Kier molecular flexibility index (Phi) is 5.23. The Labute approximate surface area is 164 Å². The quantitative estimate of drug-likeness (QED) is 0.741. The number of amides is 1. The fraction of sp³-hybridized carbons (Fsp3) is 0.429. The molecule has 146 valence electrons. The van der Waals surface area contributed by atoms with Crippen LogP contribution in [-0.4, -0.2) is 30.5 Å². The summed E-state index contributed by atoms with van der Waals surface area (Å²) in [4.78, 5) is 12.5. The summed E-state index contributed by atoms with van der Waals surface area (Å²) in [5.41, 5.74) is 3.91. The predicted octanol–water partition coefficient (Wildman–Crippen LogP) is 2.80. The molecule has 0 radical (unpaired) electrons. The highest BCUT2D eigenvalue weighted by Gasteiger charge is 2.15. The summed E-state index contributed by atoms with van der Waals surface area (Å²) in [6.07, 6.45) is 4.49. The molecular weight excluding hydrogens is 352 g/mol. The number of carbonyl (C=O) groups is 1. The lowest BCUT2D eigenvalue weighted by Crippen LogP contribution is -2.25. The molecule has 1 N–H and O–H groups in total. The van der Waals surface area contributed by atoms with Gasteiger partial charge < -0.3 is 9.88 Å². The molecule has 1 aromatic carbocycles. The molecule has 1 aliphatic rings. The van der Waals surface area contributed by atoms with Gasteiger partial charge >= 0.3 is 0 Å². The van der Waals surface area contributed by atoms with E-state index in [0.717, 1.165) is 54.4 Å². The summed E-state index contributed by atoms with van der Waals surface area (Å²) >= 11 is 0. The van der Waals surface area contributed by atoms with Crippen molar-refractivity contribution in [2.75, 3.05) is 0 Å². The Morgan fingerprint density at radius 3 is 2.68 bits per heavy atom. The molecule has 3 heterocycles. The molecule has 4 rings (SSSR count). The molecule has 0 unspecified atom stereocenters. The van der Waals surface area contributed by atoms with Crippen molar-refractivity contribution in [2.45, 2.75) is 59.2 Å². The van der Waals surface area contributed by atoms with Gasteiger partial charge in [-0.05, 0) is 50.5 Å². The van der Waals surface area contributed by atoms with Crippen LogP contribution in [0, 0.1) is 13.8 Å². The topological polar surface area (TPSA) is 77.6 Å². The molecular formula is C21H26N6O. The number of nitrogens with one attached hydrogen (secondary N) is 1. The fourth-order valence-electron chi connectivity index (χ4n) is 3.71. The molecule has 7 heteroatoms. The molecule has 2 aromatic heterocycles. The van der Waals surface area contributed by atoms with Gasteiger partial charge in [0.2, 0.25) is 0 Å². The van der Waals surface area contributed by atoms with Crippen molar-refractivity contribution in [3.05, 3.63) is 64.5 Å². The van der Waals surface area contributed by atoms with Crippen LogP contribution in [0.25, 0.3) is 0 Å². The standard InChI is InChI=1S/C21H26N6O/c1-15-12-16(2)27(25-15)14-17-7-9-18(10-8-17)21(28)22-13-20-24-23-19-6-4-3-5-11-26(19)20/h7-10,12H,3-6,11,13-14H2,1-2H3,(H,22,28). The Hall–Kier alpha value is -2.96. The van der Waals surface area contributed by atoms with Crippen LogP contribution >= 0.6 is 0 Å². The van der Waals surface area contributed by atoms with E-state index < -0.39 is 0 Å². The maximum absolute atomic E-state index is 12.5. The highest BCUT2D eigenvalue weighted by atomic mass is 16.1. The zero-order valence-electron chi connectivity index (χ0n) is 16.5. The van der Waals surface area contributed by atoms with E-state index in [-0.39, 0.29) is 5.91 Å². The van der Waals surface area contributed by atoms with Crippen molar-refractivity contribution in [1.29, 1.82) is 0 Å². The van der Waals surface area contributed by atoms with Crippen molar-refractivity contribution in [3.63, 3.8) is 0 Å². The highest BCUT2D eigenvalue weighted by molar-refractivity contribution is 5.94. The third-order valence-electron chi connectivity index (χ3n) is 5.24. The van der Waals surface area contributed by atoms with Crippen molar-refractivity contribution < 1.29 is 4.79 Å². The van der Waals surface area contributed by atoms with E-state index in [1.807, 2.05) is 42.8 Å². The molecule has 7 nitrogen and oxygen atoms in total. The maximum atomic E-state index is 12.5. The third kappa shape index (κ3) is 3.98. The number of aryl methyl sites for hydroxylation is 3. The monoisotopic (exact) mass is 378 g/mol. The average Bonchev–Trinajstić information content (AvgIpc) is 3.12. The largest absolute Gasteiger partial charge is 0.345 e. The first kappa shape index (κ1) is 18.4. The van der Waals surface area contributed by atoms with E-state index >= 15 is 0 Å². The minimum atomic E-state index is -0.0939. The summed E-state index contributed by atoms with van der Waals surface area (Å²) in [5.74, 6) is 1.78. The number of hydrogen-bond acceptors (Lipinski definition) is 4. The van der Waals surface area contributed by atoms with Crippen LogP contribution in [-0.2, 0) is 26.1 Å². The fourth-order valence-corrected chi connectivity index (χ4v) is 3.71. The molecule has 0 bridgehead atoms. The molecule has 1 amide bonds. The van der Waals surface area contributed by atoms with Gasteiger partial charge in [-0.1, -0.05) is 18.6 Å². The number of hydrogen-bond donors (Lipinski definition) is 1. The minimum Gasteiger partial charge on any atom is -0.345 e.